The number of nitrogens with zero attached hydrogens (tertiary/aromatic N) is 3. The molecule has 1 aromatic rings. The summed E-state index contributed by atoms with van der Waals surface area (Å²) in [6.45, 7) is 6.71. The molecule has 0 bridgehead atoms. The van der Waals surface area contributed by atoms with Gasteiger partial charge in [-0.25, -0.2) is 10.1 Å². The third-order valence-corrected chi connectivity index (χ3v) is 1.86. The highest BCUT2D eigenvalue weighted by molar-refractivity contribution is 5.71. The minimum absolute atomic E-state index is 0.0207. The number of non-ortho nitro benzene ring substituents is 1. The van der Waals surface area contributed by atoms with Crippen molar-refractivity contribution in [3.8, 4) is 6.07 Å². The van der Waals surface area contributed by atoms with Gasteiger partial charge in [0.1, 0.15) is 0 Å². The molecule has 2 N–H and O–H groups in total. The van der Waals surface area contributed by atoms with Crippen LogP contribution >= 0.6 is 0 Å². The molecule has 16 heavy (non-hydrogen) atoms. The Kier molecular flexibility index (Phi) is 3.21. The van der Waals surface area contributed by atoms with E-state index in [1.165, 1.54) is 24.3 Å². The lowest BCUT2D eigenvalue weighted by Gasteiger charge is -2.00. The lowest BCUT2D eigenvalue weighted by Crippen LogP contribution is -1.99. The van der Waals surface area contributed by atoms with Crippen LogP contribution in [0.5, 0.6) is 0 Å². The molecular formula is C10H6N4O2. The maximum Gasteiger partial charge on any atom is 0.284 e. The molecule has 0 atom stereocenters. The van der Waals surface area contributed by atoms with Crippen LogP contribution in [0, 0.1) is 28.0 Å². The Labute approximate surface area is 91.2 Å². The van der Waals surface area contributed by atoms with Crippen molar-refractivity contribution in [2.45, 2.75) is 0 Å². The molecule has 6 heteroatoms. The maximum absolute atomic E-state index is 10.4. The van der Waals surface area contributed by atoms with Gasteiger partial charge in [0, 0.05) is 12.1 Å². The first-order chi connectivity index (χ1) is 7.60. The average Bonchev–Trinajstić information content (AvgIpc) is 2.30. The number of allylic oxidation sites excluding steroid dienone is 1. The first-order valence-electron chi connectivity index (χ1n) is 4.12. The van der Waals surface area contributed by atoms with Crippen molar-refractivity contribution in [3.05, 3.63) is 57.1 Å². The predicted octanol–water partition coefficient (Wildman–Crippen LogP) is 1.66. The molecule has 0 amide bonds. The van der Waals surface area contributed by atoms with Gasteiger partial charge in [-0.1, -0.05) is 0 Å². The van der Waals surface area contributed by atoms with Crippen LogP contribution in [-0.2, 0) is 0 Å². The highest BCUT2D eigenvalue weighted by Crippen LogP contribution is 2.18. The van der Waals surface area contributed by atoms with Crippen LogP contribution in [0.4, 0.5) is 5.69 Å². The van der Waals surface area contributed by atoms with Crippen molar-refractivity contribution < 1.29 is 4.92 Å². The highest BCUT2D eigenvalue weighted by Gasteiger charge is 2.08. The largest absolute Gasteiger partial charge is 0.406 e. The summed E-state index contributed by atoms with van der Waals surface area (Å²) in [7, 11) is 0. The molecule has 6 nitrogen and oxygen atoms in total. The van der Waals surface area contributed by atoms with Crippen LogP contribution in [0.2, 0.25) is 0 Å². The minimum Gasteiger partial charge on any atom is -0.406 e. The molecule has 0 radical (unpaired) electrons. The quantitative estimate of drug-likeness (QED) is 0.350. The zero-order chi connectivity index (χ0) is 12.1. The van der Waals surface area contributed by atoms with Gasteiger partial charge in [-0.3, -0.25) is 10.1 Å². The molecular weight excluding hydrogens is 208 g/mol. The first kappa shape index (κ1) is 11.2. The Balaban J connectivity index is 3.19. The van der Waals surface area contributed by atoms with Gasteiger partial charge in [-0.05, 0) is 17.7 Å². The number of nitriles is 1. The Morgan fingerprint density at radius 3 is 2.44 bits per heavy atom. The summed E-state index contributed by atoms with van der Waals surface area (Å²) in [6, 6.07) is 6.98. The van der Waals surface area contributed by atoms with E-state index >= 15 is 0 Å². The van der Waals surface area contributed by atoms with Gasteiger partial charge in [0.05, 0.1) is 23.3 Å². The number of hydrogen-bond donors (Lipinski definition) is 1. The fraction of sp³-hybridized carbons (Fsp3) is 0. The lowest BCUT2D eigenvalue weighted by molar-refractivity contribution is -0.384. The zero-order valence-electron chi connectivity index (χ0n) is 8.04. The Morgan fingerprint density at radius 2 is 2.06 bits per heavy atom. The van der Waals surface area contributed by atoms with Gasteiger partial charge in [0.2, 0.25) is 0 Å². The van der Waals surface area contributed by atoms with Gasteiger partial charge in [-0.15, -0.1) is 0 Å². The summed E-state index contributed by atoms with van der Waals surface area (Å²) < 4.78 is 0. The van der Waals surface area contributed by atoms with Gasteiger partial charge in [-0.2, -0.15) is 0 Å². The Bertz CT molecular complexity index is 515. The van der Waals surface area contributed by atoms with E-state index in [9.17, 15) is 10.1 Å². The second-order valence-electron chi connectivity index (χ2n) is 2.79. The van der Waals surface area contributed by atoms with E-state index in [1.54, 1.807) is 6.07 Å². The summed E-state index contributed by atoms with van der Waals surface area (Å²) in [5, 5.41) is 19.0. The van der Waals surface area contributed by atoms with E-state index in [2.05, 4.69) is 4.85 Å². The normalized spacial score (nSPS) is 10.9. The molecule has 0 spiro atoms. The van der Waals surface area contributed by atoms with Crippen molar-refractivity contribution >= 4 is 11.4 Å². The van der Waals surface area contributed by atoms with Crippen LogP contribution in [0.25, 0.3) is 10.5 Å². The molecule has 1 aromatic carbocycles. The first-order valence-corrected chi connectivity index (χ1v) is 4.12. The second-order valence-corrected chi connectivity index (χ2v) is 2.79. The van der Waals surface area contributed by atoms with Crippen molar-refractivity contribution in [3.63, 3.8) is 0 Å². The molecule has 1 rings (SSSR count). The number of nitro benzene ring substituents is 1. The summed E-state index contributed by atoms with van der Waals surface area (Å²) in [6.07, 6.45) is 0. The monoisotopic (exact) mass is 214 g/mol. The average molecular weight is 214 g/mol. The Morgan fingerprint density at radius 1 is 1.50 bits per heavy atom. The predicted molar refractivity (Wildman–Crippen MR) is 56.4 cm³/mol. The smallest absolute Gasteiger partial charge is 0.284 e. The SMILES string of the molecule is [C-]#[N+]/C(C#N)=C(\N)c1ccc([N+](=O)[O-])cc1. The molecule has 0 heterocycles. The summed E-state index contributed by atoms with van der Waals surface area (Å²) >= 11 is 0. The summed E-state index contributed by atoms with van der Waals surface area (Å²) in [5.41, 5.74) is 5.70. The summed E-state index contributed by atoms with van der Waals surface area (Å²) in [5.74, 6) is 0. The van der Waals surface area contributed by atoms with Gasteiger partial charge in [0.15, 0.2) is 0 Å². The number of nitro groups is 1. The highest BCUT2D eigenvalue weighted by atomic mass is 16.6. The van der Waals surface area contributed by atoms with Crippen LogP contribution in [0.3, 0.4) is 0 Å². The fourth-order valence-corrected chi connectivity index (χ4v) is 1.04. The zero-order valence-corrected chi connectivity index (χ0v) is 8.04. The van der Waals surface area contributed by atoms with E-state index < -0.39 is 4.92 Å². The van der Waals surface area contributed by atoms with Gasteiger partial charge < -0.3 is 5.73 Å². The van der Waals surface area contributed by atoms with Crippen molar-refractivity contribution in [1.82, 2.24) is 0 Å². The topological polar surface area (TPSA) is 97.3 Å². The van der Waals surface area contributed by atoms with E-state index in [1.807, 2.05) is 0 Å². The number of rotatable bonds is 2. The van der Waals surface area contributed by atoms with Gasteiger partial charge >= 0.3 is 0 Å². The minimum atomic E-state index is -0.538. The number of benzene rings is 1. The summed E-state index contributed by atoms with van der Waals surface area (Å²) in [4.78, 5) is 12.8. The molecule has 0 saturated heterocycles. The molecule has 0 aromatic heterocycles. The fourth-order valence-electron chi connectivity index (χ4n) is 1.04. The van der Waals surface area contributed by atoms with E-state index in [0.29, 0.717) is 5.56 Å². The molecule has 0 aliphatic heterocycles. The second kappa shape index (κ2) is 4.58. The van der Waals surface area contributed by atoms with Crippen LogP contribution in [0.15, 0.2) is 30.0 Å². The molecule has 0 fully saturated rings. The maximum atomic E-state index is 10.4. The van der Waals surface area contributed by atoms with Crippen molar-refractivity contribution in [1.29, 1.82) is 5.26 Å². The molecule has 0 aliphatic carbocycles. The van der Waals surface area contributed by atoms with Crippen molar-refractivity contribution in [2.75, 3.05) is 0 Å². The van der Waals surface area contributed by atoms with Crippen LogP contribution in [0.1, 0.15) is 5.56 Å². The number of hydrogen-bond acceptors (Lipinski definition) is 4. The Hall–Kier alpha value is -2.86. The molecule has 0 saturated carbocycles. The van der Waals surface area contributed by atoms with E-state index in [0.717, 1.165) is 0 Å². The van der Waals surface area contributed by atoms with Crippen LogP contribution < -0.4 is 5.73 Å². The van der Waals surface area contributed by atoms with E-state index in [4.69, 9.17) is 17.6 Å². The standard InChI is InChI=1S/C10H6N4O2/c1-13-9(6-11)10(12)7-2-4-8(5-3-7)14(15)16/h2-5H,12H2/b10-9-. The van der Waals surface area contributed by atoms with Crippen LogP contribution in [-0.4, -0.2) is 4.92 Å². The lowest BCUT2D eigenvalue weighted by atomic mass is 10.1. The molecule has 0 aliphatic rings. The third kappa shape index (κ3) is 2.14. The molecule has 78 valence electrons. The molecule has 0 unspecified atom stereocenters. The van der Waals surface area contributed by atoms with E-state index in [-0.39, 0.29) is 17.1 Å². The van der Waals surface area contributed by atoms with Gasteiger partial charge in [0.25, 0.3) is 11.4 Å². The third-order valence-electron chi connectivity index (χ3n) is 1.86. The van der Waals surface area contributed by atoms with Crippen molar-refractivity contribution in [2.24, 2.45) is 5.73 Å². The number of nitrogens with two attached hydrogens (primary N) is 1.